The van der Waals surface area contributed by atoms with Gasteiger partial charge in [-0.3, -0.25) is 19.2 Å². The van der Waals surface area contributed by atoms with Crippen LogP contribution in [0.5, 0.6) is 0 Å². The largest absolute Gasteiger partial charge is 0.402 e. The van der Waals surface area contributed by atoms with Crippen molar-refractivity contribution in [1.82, 2.24) is 26.2 Å². The SMILES string of the molecule is CC(C)(C)[C@H](NC(=O)NC1(CS(=O)(=O)CC(F)(F)F)CCCCC1)C(=O)N1C[C@H]2[C@@H]([C@H]1C(=O)NC(CC1CC1)C(=O)C(=O)NC1CC1)C2(C)C. The van der Waals surface area contributed by atoms with Gasteiger partial charge in [0.15, 0.2) is 9.84 Å². The van der Waals surface area contributed by atoms with Crippen molar-refractivity contribution in [2.75, 3.05) is 18.1 Å². The first-order valence-corrected chi connectivity index (χ1v) is 19.7. The van der Waals surface area contributed by atoms with Gasteiger partial charge in [0.2, 0.25) is 17.6 Å². The number of hydrogen-bond donors (Lipinski definition) is 4. The second-order valence-corrected chi connectivity index (χ2v) is 19.2. The molecule has 0 aromatic heterocycles. The summed E-state index contributed by atoms with van der Waals surface area (Å²) >= 11 is 0. The Morgan fingerprint density at radius 3 is 2.08 bits per heavy atom. The zero-order valence-electron chi connectivity index (χ0n) is 29.6. The lowest BCUT2D eigenvalue weighted by atomic mass is 9.83. The van der Waals surface area contributed by atoms with E-state index in [1.165, 1.54) is 4.90 Å². The molecule has 5 aliphatic rings. The molecule has 0 bridgehead atoms. The van der Waals surface area contributed by atoms with Gasteiger partial charge in [-0.2, -0.15) is 13.2 Å². The van der Waals surface area contributed by atoms with Crippen LogP contribution in [-0.4, -0.2) is 96.8 Å². The molecule has 4 saturated carbocycles. The Morgan fingerprint density at radius 2 is 1.54 bits per heavy atom. The summed E-state index contributed by atoms with van der Waals surface area (Å²) in [4.78, 5) is 69.3. The molecule has 12 nitrogen and oxygen atoms in total. The van der Waals surface area contributed by atoms with Gasteiger partial charge in [0, 0.05) is 12.6 Å². The van der Waals surface area contributed by atoms with Crippen molar-refractivity contribution in [3.05, 3.63) is 0 Å². The highest BCUT2D eigenvalue weighted by molar-refractivity contribution is 7.91. The molecule has 5 fully saturated rings. The molecule has 4 aliphatic carbocycles. The van der Waals surface area contributed by atoms with Crippen molar-refractivity contribution in [1.29, 1.82) is 0 Å². The predicted octanol–water partition coefficient (Wildman–Crippen LogP) is 3.00. The van der Waals surface area contributed by atoms with E-state index >= 15 is 0 Å². The van der Waals surface area contributed by atoms with Gasteiger partial charge >= 0.3 is 12.2 Å². The molecule has 5 atom stereocenters. The maximum Gasteiger partial charge on any atom is 0.402 e. The third kappa shape index (κ3) is 9.11. The van der Waals surface area contributed by atoms with Gasteiger partial charge < -0.3 is 26.2 Å². The van der Waals surface area contributed by atoms with E-state index in [-0.39, 0.29) is 48.6 Å². The first-order valence-electron chi connectivity index (χ1n) is 17.8. The number of likely N-dealkylation sites (tertiary alicyclic amines) is 1. The molecule has 50 heavy (non-hydrogen) atoms. The standard InChI is InChI=1S/C34H52F3N5O7S/c1-31(2,3)26(40-30(47)41-33(13-7-6-8-14-33)17-50(48,49)18-34(35,36)37)29(46)42-16-21-23(32(21,4)5)24(42)27(44)39-22(15-19-9-10-19)25(43)28(45)38-20-11-12-20/h19-24,26H,6-18H2,1-5H3,(H,38,45)(H,39,44)(H2,40,41,47)/t21-,22?,23-,24-,26+/m0/s1. The van der Waals surface area contributed by atoms with Crippen molar-refractivity contribution >= 4 is 39.4 Å². The van der Waals surface area contributed by atoms with Crippen LogP contribution in [0.2, 0.25) is 0 Å². The highest BCUT2D eigenvalue weighted by atomic mass is 32.2. The average molecular weight is 732 g/mol. The fraction of sp³-hybridized carbons (Fsp3) is 0.853. The highest BCUT2D eigenvalue weighted by Crippen LogP contribution is 2.65. The van der Waals surface area contributed by atoms with Crippen LogP contribution in [-0.2, 0) is 29.0 Å². The van der Waals surface area contributed by atoms with E-state index in [1.807, 2.05) is 13.8 Å². The van der Waals surface area contributed by atoms with Crippen LogP contribution in [0.1, 0.15) is 98.8 Å². The van der Waals surface area contributed by atoms with Gasteiger partial charge in [0.25, 0.3) is 5.91 Å². The quantitative estimate of drug-likeness (QED) is 0.211. The maximum absolute atomic E-state index is 14.4. The molecular weight excluding hydrogens is 679 g/mol. The Bertz CT molecular complexity index is 1480. The molecule has 5 amide bonds. The van der Waals surface area contributed by atoms with Crippen molar-refractivity contribution in [2.45, 2.75) is 135 Å². The third-order valence-electron chi connectivity index (χ3n) is 11.3. The van der Waals surface area contributed by atoms with Gasteiger partial charge in [0.1, 0.15) is 17.8 Å². The van der Waals surface area contributed by atoms with E-state index < -0.39 is 86.1 Å². The van der Waals surface area contributed by atoms with Gasteiger partial charge in [-0.05, 0) is 60.7 Å². The molecular formula is C34H52F3N5O7S. The number of halogens is 3. The molecule has 0 spiro atoms. The zero-order valence-corrected chi connectivity index (χ0v) is 30.4. The van der Waals surface area contributed by atoms with E-state index in [9.17, 15) is 45.6 Å². The highest BCUT2D eigenvalue weighted by Gasteiger charge is 2.70. The molecule has 5 rings (SSSR count). The molecule has 1 unspecified atom stereocenters. The van der Waals surface area contributed by atoms with E-state index in [1.54, 1.807) is 20.8 Å². The van der Waals surface area contributed by atoms with E-state index in [4.69, 9.17) is 0 Å². The summed E-state index contributed by atoms with van der Waals surface area (Å²) in [6, 6.07) is -4.11. The number of nitrogens with zero attached hydrogens (tertiary/aromatic N) is 1. The summed E-state index contributed by atoms with van der Waals surface area (Å²) in [5, 5.41) is 10.9. The lowest BCUT2D eigenvalue weighted by Gasteiger charge is -2.40. The number of piperidine rings is 1. The summed E-state index contributed by atoms with van der Waals surface area (Å²) in [7, 11) is -4.62. The van der Waals surface area contributed by atoms with E-state index in [2.05, 4.69) is 21.3 Å². The van der Waals surface area contributed by atoms with Gasteiger partial charge in [0.05, 0.1) is 17.3 Å². The summed E-state index contributed by atoms with van der Waals surface area (Å²) in [6.07, 6.45) is 0.885. The Labute approximate surface area is 292 Å². The number of hydrogen-bond acceptors (Lipinski definition) is 7. The number of Topliss-reactive ketones (excluding diaryl/α,β-unsaturated/α-hetero) is 1. The van der Waals surface area contributed by atoms with Gasteiger partial charge in [-0.15, -0.1) is 0 Å². The van der Waals surface area contributed by atoms with E-state index in [0.29, 0.717) is 19.3 Å². The second kappa shape index (κ2) is 13.6. The number of amides is 5. The zero-order chi connectivity index (χ0) is 37.0. The molecule has 0 radical (unpaired) electrons. The Balaban J connectivity index is 1.32. The number of nitrogens with one attached hydrogen (secondary N) is 4. The van der Waals surface area contributed by atoms with Crippen LogP contribution in [0.25, 0.3) is 0 Å². The first kappa shape index (κ1) is 38.3. The number of ketones is 1. The van der Waals surface area contributed by atoms with Crippen LogP contribution >= 0.6 is 0 Å². The summed E-state index contributed by atoms with van der Waals surface area (Å²) in [5.41, 5.74) is -2.60. The van der Waals surface area contributed by atoms with Crippen molar-refractivity contribution in [2.24, 2.45) is 28.6 Å². The fourth-order valence-corrected chi connectivity index (χ4v) is 9.91. The minimum absolute atomic E-state index is 0.0169. The number of carbonyl (C=O) groups is 5. The van der Waals surface area contributed by atoms with Crippen LogP contribution < -0.4 is 21.3 Å². The Morgan fingerprint density at radius 1 is 0.920 bits per heavy atom. The monoisotopic (exact) mass is 731 g/mol. The fourth-order valence-electron chi connectivity index (χ4n) is 8.11. The number of rotatable bonds is 13. The lowest BCUT2D eigenvalue weighted by Crippen LogP contribution is -2.64. The average Bonchev–Trinajstić information content (AvgIpc) is 3.93. The summed E-state index contributed by atoms with van der Waals surface area (Å²) < 4.78 is 64.4. The number of carbonyl (C=O) groups excluding carboxylic acids is 5. The number of fused-ring (bicyclic) bond motifs is 1. The van der Waals surface area contributed by atoms with Crippen molar-refractivity contribution in [3.8, 4) is 0 Å². The number of sulfone groups is 1. The molecule has 282 valence electrons. The van der Waals surface area contributed by atoms with E-state index in [0.717, 1.165) is 32.1 Å². The molecule has 16 heteroatoms. The molecule has 1 heterocycles. The van der Waals surface area contributed by atoms with Crippen LogP contribution in [0.3, 0.4) is 0 Å². The minimum Gasteiger partial charge on any atom is -0.347 e. The predicted molar refractivity (Wildman–Crippen MR) is 177 cm³/mol. The molecule has 1 saturated heterocycles. The summed E-state index contributed by atoms with van der Waals surface area (Å²) in [5.74, 6) is -5.42. The maximum atomic E-state index is 14.4. The van der Waals surface area contributed by atoms with Gasteiger partial charge in [-0.1, -0.05) is 66.7 Å². The smallest absolute Gasteiger partial charge is 0.347 e. The Hall–Kier alpha value is -2.91. The van der Waals surface area contributed by atoms with Crippen LogP contribution in [0, 0.1) is 28.6 Å². The van der Waals surface area contributed by atoms with Gasteiger partial charge in [-0.25, -0.2) is 13.2 Å². The first-order chi connectivity index (χ1) is 23.0. The van der Waals surface area contributed by atoms with Crippen molar-refractivity contribution < 1.29 is 45.6 Å². The molecule has 1 aliphatic heterocycles. The third-order valence-corrected chi connectivity index (χ3v) is 13.0. The topological polar surface area (TPSA) is 171 Å². The molecule has 0 aromatic carbocycles. The van der Waals surface area contributed by atoms with Crippen LogP contribution in [0.4, 0.5) is 18.0 Å². The Kier molecular flexibility index (Phi) is 10.4. The number of alkyl halides is 3. The lowest BCUT2D eigenvalue weighted by molar-refractivity contribution is -0.145. The molecule has 4 N–H and O–H groups in total. The summed E-state index contributed by atoms with van der Waals surface area (Å²) in [6.45, 7) is 9.40. The second-order valence-electron chi connectivity index (χ2n) is 17.1. The molecule has 0 aromatic rings. The van der Waals surface area contributed by atoms with Crippen molar-refractivity contribution in [3.63, 3.8) is 0 Å². The minimum atomic E-state index is -4.93. The normalized spacial score (nSPS) is 27.0. The number of urea groups is 1. The van der Waals surface area contributed by atoms with Crippen LogP contribution in [0.15, 0.2) is 0 Å².